The van der Waals surface area contributed by atoms with Crippen molar-refractivity contribution in [2.75, 3.05) is 25.6 Å². The molecular formula is C27H23FN2O5. The lowest BCUT2D eigenvalue weighted by Crippen LogP contribution is -2.15. The van der Waals surface area contributed by atoms with Gasteiger partial charge in [0.05, 0.1) is 30.5 Å². The van der Waals surface area contributed by atoms with Gasteiger partial charge in [0.1, 0.15) is 17.3 Å². The predicted molar refractivity (Wildman–Crippen MR) is 130 cm³/mol. The average Bonchev–Trinajstić information content (AvgIpc) is 2.87. The quantitative estimate of drug-likeness (QED) is 0.351. The zero-order valence-electron chi connectivity index (χ0n) is 19.2. The van der Waals surface area contributed by atoms with Crippen molar-refractivity contribution in [3.63, 3.8) is 0 Å². The summed E-state index contributed by atoms with van der Waals surface area (Å²) in [5.41, 5.74) is 2.69. The Morgan fingerprint density at radius 2 is 1.74 bits per heavy atom. The average molecular weight is 474 g/mol. The molecule has 0 bridgehead atoms. The van der Waals surface area contributed by atoms with Gasteiger partial charge < -0.3 is 19.5 Å². The Hall–Kier alpha value is -4.46. The molecule has 4 rings (SSSR count). The highest BCUT2D eigenvalue weighted by molar-refractivity contribution is 6.07. The van der Waals surface area contributed by atoms with Crippen molar-refractivity contribution in [1.29, 1.82) is 0 Å². The summed E-state index contributed by atoms with van der Waals surface area (Å²) in [6, 6.07) is 19.6. The van der Waals surface area contributed by atoms with E-state index in [0.717, 1.165) is 0 Å². The third-order valence-corrected chi connectivity index (χ3v) is 5.17. The van der Waals surface area contributed by atoms with Gasteiger partial charge in [-0.15, -0.1) is 0 Å². The molecule has 0 atom stereocenters. The number of hydrogen-bond acceptors (Lipinski definition) is 6. The second-order valence-electron chi connectivity index (χ2n) is 7.49. The number of fused-ring (bicyclic) bond motifs is 1. The number of benzene rings is 3. The fraction of sp³-hybridized carbons (Fsp3) is 0.148. The summed E-state index contributed by atoms with van der Waals surface area (Å²) in [6.07, 6.45) is 0. The molecule has 4 aromatic rings. The summed E-state index contributed by atoms with van der Waals surface area (Å²) in [5.74, 6) is -0.387. The number of carbonyl (C=O) groups excluding carboxylic acids is 2. The molecule has 0 radical (unpaired) electrons. The summed E-state index contributed by atoms with van der Waals surface area (Å²) in [4.78, 5) is 29.4. The van der Waals surface area contributed by atoms with Gasteiger partial charge >= 0.3 is 5.97 Å². The Bertz CT molecular complexity index is 1370. The van der Waals surface area contributed by atoms with Crippen LogP contribution in [-0.2, 0) is 9.53 Å². The van der Waals surface area contributed by atoms with E-state index >= 15 is 0 Å². The molecule has 178 valence electrons. The molecule has 0 spiro atoms. The number of hydrogen-bond donors (Lipinski definition) is 1. The largest absolute Gasteiger partial charge is 0.496 e. The molecule has 1 amide bonds. The van der Waals surface area contributed by atoms with Crippen LogP contribution in [0, 0.1) is 5.82 Å². The Labute approximate surface area is 201 Å². The molecular weight excluding hydrogens is 451 g/mol. The Morgan fingerprint density at radius 3 is 2.49 bits per heavy atom. The molecule has 3 aromatic carbocycles. The van der Waals surface area contributed by atoms with Gasteiger partial charge in [-0.3, -0.25) is 4.79 Å². The van der Waals surface area contributed by atoms with E-state index < -0.39 is 5.97 Å². The highest BCUT2D eigenvalue weighted by Gasteiger charge is 2.15. The molecule has 0 fully saturated rings. The van der Waals surface area contributed by atoms with E-state index in [2.05, 4.69) is 10.3 Å². The minimum absolute atomic E-state index is 0.235. The number of methoxy groups -OCH3 is 1. The Kier molecular flexibility index (Phi) is 7.21. The predicted octanol–water partition coefficient (Wildman–Crippen LogP) is 5.24. The lowest BCUT2D eigenvalue weighted by molar-refractivity contribution is -0.145. The number of para-hydroxylation sites is 1. The number of anilines is 1. The highest BCUT2D eigenvalue weighted by atomic mass is 19.1. The first kappa shape index (κ1) is 23.7. The van der Waals surface area contributed by atoms with Gasteiger partial charge in [0.15, 0.2) is 6.61 Å². The number of nitrogens with one attached hydrogen (secondary N) is 1. The van der Waals surface area contributed by atoms with E-state index in [1.807, 2.05) is 0 Å². The maximum absolute atomic E-state index is 13.4. The molecule has 0 saturated heterocycles. The van der Waals surface area contributed by atoms with Crippen molar-refractivity contribution in [2.24, 2.45) is 0 Å². The summed E-state index contributed by atoms with van der Waals surface area (Å²) >= 11 is 0. The standard InChI is InChI=1S/C27H23FN2O5/c1-3-34-26(31)16-35-25-15-23(17-8-10-18(28)11-9-17)30-22-13-12-19(14-21(22)25)29-27(32)20-6-4-5-7-24(20)33-2/h4-15H,3,16H2,1-2H3,(H,29,32). The van der Waals surface area contributed by atoms with Crippen LogP contribution < -0.4 is 14.8 Å². The van der Waals surface area contributed by atoms with Gasteiger partial charge in [-0.05, 0) is 61.5 Å². The third kappa shape index (κ3) is 5.55. The van der Waals surface area contributed by atoms with Crippen LogP contribution in [0.25, 0.3) is 22.2 Å². The topological polar surface area (TPSA) is 86.8 Å². The van der Waals surface area contributed by atoms with Crippen molar-refractivity contribution in [1.82, 2.24) is 4.98 Å². The van der Waals surface area contributed by atoms with Crippen molar-refractivity contribution in [3.8, 4) is 22.8 Å². The van der Waals surface area contributed by atoms with E-state index in [9.17, 15) is 14.0 Å². The monoisotopic (exact) mass is 474 g/mol. The maximum Gasteiger partial charge on any atom is 0.344 e. The number of carbonyl (C=O) groups is 2. The van der Waals surface area contributed by atoms with Gasteiger partial charge in [0.25, 0.3) is 5.91 Å². The first-order chi connectivity index (χ1) is 17.0. The van der Waals surface area contributed by atoms with Crippen LogP contribution in [0.3, 0.4) is 0 Å². The number of halogens is 1. The molecule has 7 nitrogen and oxygen atoms in total. The van der Waals surface area contributed by atoms with Crippen LogP contribution in [-0.4, -0.2) is 37.2 Å². The van der Waals surface area contributed by atoms with Crippen LogP contribution in [0.2, 0.25) is 0 Å². The fourth-order valence-electron chi connectivity index (χ4n) is 3.53. The minimum Gasteiger partial charge on any atom is -0.496 e. The normalized spacial score (nSPS) is 10.6. The number of esters is 1. The minimum atomic E-state index is -0.513. The Balaban J connectivity index is 1.71. The summed E-state index contributed by atoms with van der Waals surface area (Å²) in [6.45, 7) is 1.65. The SMILES string of the molecule is CCOC(=O)COc1cc(-c2ccc(F)cc2)nc2ccc(NC(=O)c3ccccc3OC)cc12. The van der Waals surface area contributed by atoms with Crippen molar-refractivity contribution in [3.05, 3.63) is 84.2 Å². The zero-order valence-corrected chi connectivity index (χ0v) is 19.2. The summed E-state index contributed by atoms with van der Waals surface area (Å²) in [7, 11) is 1.50. The summed E-state index contributed by atoms with van der Waals surface area (Å²) in [5, 5.41) is 3.44. The zero-order chi connectivity index (χ0) is 24.8. The molecule has 0 aliphatic heterocycles. The molecule has 0 aliphatic carbocycles. The number of nitrogens with zero attached hydrogens (tertiary/aromatic N) is 1. The van der Waals surface area contributed by atoms with Gasteiger partial charge in [-0.25, -0.2) is 14.2 Å². The van der Waals surface area contributed by atoms with E-state index in [1.165, 1.54) is 19.2 Å². The van der Waals surface area contributed by atoms with Crippen molar-refractivity contribution < 1.29 is 28.2 Å². The number of ether oxygens (including phenoxy) is 3. The lowest BCUT2D eigenvalue weighted by atomic mass is 10.1. The van der Waals surface area contributed by atoms with E-state index in [1.54, 1.807) is 67.6 Å². The first-order valence-electron chi connectivity index (χ1n) is 10.9. The van der Waals surface area contributed by atoms with Crippen LogP contribution in [0.4, 0.5) is 10.1 Å². The Morgan fingerprint density at radius 1 is 0.971 bits per heavy atom. The molecule has 1 heterocycles. The second kappa shape index (κ2) is 10.6. The third-order valence-electron chi connectivity index (χ3n) is 5.17. The number of pyridine rings is 1. The van der Waals surface area contributed by atoms with Gasteiger partial charge in [-0.2, -0.15) is 0 Å². The molecule has 0 unspecified atom stereocenters. The number of aromatic nitrogens is 1. The van der Waals surface area contributed by atoms with Gasteiger partial charge in [-0.1, -0.05) is 12.1 Å². The molecule has 0 aliphatic rings. The van der Waals surface area contributed by atoms with Crippen LogP contribution in [0.15, 0.2) is 72.8 Å². The lowest BCUT2D eigenvalue weighted by Gasteiger charge is -2.13. The van der Waals surface area contributed by atoms with E-state index in [0.29, 0.717) is 44.9 Å². The first-order valence-corrected chi connectivity index (χ1v) is 10.9. The molecule has 0 saturated carbocycles. The second-order valence-corrected chi connectivity index (χ2v) is 7.49. The van der Waals surface area contributed by atoms with Gasteiger partial charge in [0.2, 0.25) is 0 Å². The van der Waals surface area contributed by atoms with Crippen LogP contribution >= 0.6 is 0 Å². The molecule has 1 N–H and O–H groups in total. The van der Waals surface area contributed by atoms with E-state index in [-0.39, 0.29) is 24.9 Å². The maximum atomic E-state index is 13.4. The van der Waals surface area contributed by atoms with Crippen molar-refractivity contribution in [2.45, 2.75) is 6.92 Å². The molecule has 1 aromatic heterocycles. The van der Waals surface area contributed by atoms with E-state index in [4.69, 9.17) is 14.2 Å². The number of rotatable bonds is 8. The van der Waals surface area contributed by atoms with Crippen molar-refractivity contribution >= 4 is 28.5 Å². The fourth-order valence-corrected chi connectivity index (χ4v) is 3.53. The molecule has 8 heteroatoms. The van der Waals surface area contributed by atoms with Gasteiger partial charge in [0, 0.05) is 22.7 Å². The molecule has 35 heavy (non-hydrogen) atoms. The highest BCUT2D eigenvalue weighted by Crippen LogP contribution is 2.32. The number of amides is 1. The van der Waals surface area contributed by atoms with Crippen LogP contribution in [0.5, 0.6) is 11.5 Å². The van der Waals surface area contributed by atoms with Crippen LogP contribution in [0.1, 0.15) is 17.3 Å². The smallest absolute Gasteiger partial charge is 0.344 e. The summed E-state index contributed by atoms with van der Waals surface area (Å²) < 4.78 is 29.4.